The highest BCUT2D eigenvalue weighted by atomic mass is 19.2. The molecular weight excluding hydrogens is 352 g/mol. The van der Waals surface area contributed by atoms with Crippen LogP contribution in [0.4, 0.5) is 35.1 Å². The van der Waals surface area contributed by atoms with Gasteiger partial charge >= 0.3 is 0 Å². The Labute approximate surface area is 126 Å². The third-order valence-electron chi connectivity index (χ3n) is 3.44. The summed E-state index contributed by atoms with van der Waals surface area (Å²) in [5, 5.41) is 0. The van der Waals surface area contributed by atoms with Crippen molar-refractivity contribution >= 4 is 11.6 Å². The van der Waals surface area contributed by atoms with Gasteiger partial charge in [0.25, 0.3) is 0 Å². The summed E-state index contributed by atoms with van der Waals surface area (Å²) in [5.41, 5.74) is -6.97. The zero-order chi connectivity index (χ0) is 18.1. The van der Waals surface area contributed by atoms with Crippen molar-refractivity contribution in [2.45, 2.75) is 0 Å². The van der Waals surface area contributed by atoms with E-state index >= 15 is 0 Å². The number of ketones is 2. The van der Waals surface area contributed by atoms with Crippen molar-refractivity contribution in [2.24, 2.45) is 0 Å². The van der Waals surface area contributed by atoms with Gasteiger partial charge in [0, 0.05) is 0 Å². The Morgan fingerprint density at radius 1 is 0.333 bits per heavy atom. The topological polar surface area (TPSA) is 34.1 Å². The van der Waals surface area contributed by atoms with E-state index in [1.807, 2.05) is 0 Å². The van der Waals surface area contributed by atoms with Gasteiger partial charge in [0.1, 0.15) is 0 Å². The van der Waals surface area contributed by atoms with Crippen molar-refractivity contribution in [3.05, 3.63) is 68.8 Å². The second-order valence-corrected chi connectivity index (χ2v) is 4.67. The lowest BCUT2D eigenvalue weighted by atomic mass is 9.82. The monoisotopic (exact) mass is 352 g/mol. The summed E-state index contributed by atoms with van der Waals surface area (Å²) < 4.78 is 108. The van der Waals surface area contributed by atoms with Crippen molar-refractivity contribution in [3.63, 3.8) is 0 Å². The quantitative estimate of drug-likeness (QED) is 0.352. The Bertz CT molecular complexity index is 827. The fourth-order valence-electron chi connectivity index (χ4n) is 2.37. The van der Waals surface area contributed by atoms with Crippen molar-refractivity contribution in [1.82, 2.24) is 0 Å². The van der Waals surface area contributed by atoms with E-state index in [0.29, 0.717) is 0 Å². The van der Waals surface area contributed by atoms with E-state index in [1.54, 1.807) is 0 Å². The van der Waals surface area contributed by atoms with Crippen LogP contribution >= 0.6 is 0 Å². The van der Waals surface area contributed by atoms with Crippen LogP contribution in [0.1, 0.15) is 31.8 Å². The highest BCUT2D eigenvalue weighted by Crippen LogP contribution is 2.37. The lowest BCUT2D eigenvalue weighted by Crippen LogP contribution is -2.29. The van der Waals surface area contributed by atoms with Crippen LogP contribution < -0.4 is 0 Å². The van der Waals surface area contributed by atoms with E-state index in [-0.39, 0.29) is 0 Å². The molecule has 124 valence electrons. The van der Waals surface area contributed by atoms with Crippen LogP contribution in [0.5, 0.6) is 0 Å². The minimum absolute atomic E-state index is 1.74. The first-order chi connectivity index (χ1) is 11.1. The molecule has 2 nitrogen and oxygen atoms in total. The lowest BCUT2D eigenvalue weighted by Gasteiger charge is -2.20. The van der Waals surface area contributed by atoms with Crippen molar-refractivity contribution in [3.8, 4) is 0 Å². The van der Waals surface area contributed by atoms with E-state index in [2.05, 4.69) is 0 Å². The molecule has 2 aromatic carbocycles. The predicted molar refractivity (Wildman–Crippen MR) is 59.4 cm³/mol. The highest BCUT2D eigenvalue weighted by Gasteiger charge is 2.44. The van der Waals surface area contributed by atoms with Crippen LogP contribution in [0.15, 0.2) is 0 Å². The number of benzene rings is 2. The molecule has 0 heterocycles. The van der Waals surface area contributed by atoms with Gasteiger partial charge in [-0.3, -0.25) is 9.59 Å². The zero-order valence-electron chi connectivity index (χ0n) is 10.8. The average Bonchev–Trinajstić information content (AvgIpc) is 2.55. The normalized spacial score (nSPS) is 13.2. The molecule has 0 unspecified atom stereocenters. The van der Waals surface area contributed by atoms with Crippen molar-refractivity contribution in [2.75, 3.05) is 0 Å². The first-order valence-electron chi connectivity index (χ1n) is 5.92. The van der Waals surface area contributed by atoms with Gasteiger partial charge in [0.15, 0.2) is 46.5 Å². The van der Waals surface area contributed by atoms with Crippen LogP contribution in [0, 0.1) is 46.5 Å². The predicted octanol–water partition coefficient (Wildman–Crippen LogP) is 3.57. The summed E-state index contributed by atoms with van der Waals surface area (Å²) in [6, 6.07) is 0. The number of carbonyl (C=O) groups is 2. The summed E-state index contributed by atoms with van der Waals surface area (Å²) in [6.45, 7) is 0. The van der Waals surface area contributed by atoms with Crippen LogP contribution in [0.3, 0.4) is 0 Å². The van der Waals surface area contributed by atoms with Gasteiger partial charge in [0.2, 0.25) is 11.6 Å². The second-order valence-electron chi connectivity index (χ2n) is 4.67. The molecule has 2 aromatic rings. The average molecular weight is 352 g/mol. The molecule has 3 rings (SSSR count). The third kappa shape index (κ3) is 1.70. The van der Waals surface area contributed by atoms with E-state index in [1.165, 1.54) is 0 Å². The zero-order valence-corrected chi connectivity index (χ0v) is 10.8. The Morgan fingerprint density at radius 2 is 0.500 bits per heavy atom. The summed E-state index contributed by atoms with van der Waals surface area (Å²) in [5.74, 6) is -23.4. The summed E-state index contributed by atoms with van der Waals surface area (Å²) in [6.07, 6.45) is 0. The van der Waals surface area contributed by atoms with Crippen molar-refractivity contribution < 1.29 is 44.7 Å². The maximum absolute atomic E-state index is 13.7. The van der Waals surface area contributed by atoms with Gasteiger partial charge in [0.05, 0.1) is 22.3 Å². The van der Waals surface area contributed by atoms with Crippen molar-refractivity contribution in [1.29, 1.82) is 0 Å². The van der Waals surface area contributed by atoms with E-state index in [0.717, 1.165) is 0 Å². The molecule has 10 heteroatoms. The Balaban J connectivity index is 2.53. The molecule has 0 N–H and O–H groups in total. The molecule has 24 heavy (non-hydrogen) atoms. The summed E-state index contributed by atoms with van der Waals surface area (Å²) in [4.78, 5) is 24.0. The molecule has 0 saturated heterocycles. The molecule has 1 aliphatic carbocycles. The summed E-state index contributed by atoms with van der Waals surface area (Å²) >= 11 is 0. The van der Waals surface area contributed by atoms with Crippen LogP contribution in [0.2, 0.25) is 0 Å². The van der Waals surface area contributed by atoms with Crippen LogP contribution in [-0.2, 0) is 0 Å². The highest BCUT2D eigenvalue weighted by molar-refractivity contribution is 6.28. The number of fused-ring (bicyclic) bond motifs is 2. The minimum Gasteiger partial charge on any atom is -0.288 e. The standard InChI is InChI=1S/C14F8O2/c15-5-1-2(6(16)10(20)9(5)19)14(24)4-3(13(1)23)7(17)11(21)12(22)8(4)18. The lowest BCUT2D eigenvalue weighted by molar-refractivity contribution is 0.0960. The molecule has 0 saturated carbocycles. The van der Waals surface area contributed by atoms with E-state index in [4.69, 9.17) is 0 Å². The fraction of sp³-hybridized carbons (Fsp3) is 0. The Kier molecular flexibility index (Phi) is 3.26. The third-order valence-corrected chi connectivity index (χ3v) is 3.44. The van der Waals surface area contributed by atoms with Gasteiger partial charge in [-0.15, -0.1) is 0 Å². The molecule has 0 radical (unpaired) electrons. The summed E-state index contributed by atoms with van der Waals surface area (Å²) in [7, 11) is 0. The van der Waals surface area contributed by atoms with Gasteiger partial charge in [-0.1, -0.05) is 0 Å². The van der Waals surface area contributed by atoms with Gasteiger partial charge in [-0.05, 0) is 0 Å². The van der Waals surface area contributed by atoms with Gasteiger partial charge in [-0.25, -0.2) is 35.1 Å². The molecule has 0 fully saturated rings. The van der Waals surface area contributed by atoms with E-state index < -0.39 is 80.4 Å². The van der Waals surface area contributed by atoms with Gasteiger partial charge in [-0.2, -0.15) is 0 Å². The maximum atomic E-state index is 13.7. The number of carbonyl (C=O) groups excluding carboxylic acids is 2. The van der Waals surface area contributed by atoms with Gasteiger partial charge < -0.3 is 0 Å². The number of hydrogen-bond acceptors (Lipinski definition) is 2. The number of rotatable bonds is 0. The molecular formula is C14F8O2. The molecule has 0 amide bonds. The largest absolute Gasteiger partial charge is 0.288 e. The molecule has 0 spiro atoms. The molecule has 0 bridgehead atoms. The smallest absolute Gasteiger partial charge is 0.200 e. The SMILES string of the molecule is O=C1c2c(F)c(F)c(F)c(F)c2C(=O)c2c(F)c(F)c(F)c(F)c21. The van der Waals surface area contributed by atoms with E-state index in [9.17, 15) is 44.7 Å². The Hall–Kier alpha value is -2.78. The molecule has 1 aliphatic rings. The minimum atomic E-state index is -2.49. The first-order valence-corrected chi connectivity index (χ1v) is 5.92. The molecule has 0 atom stereocenters. The number of halogens is 8. The molecule has 0 aliphatic heterocycles. The molecule has 0 aromatic heterocycles. The first kappa shape index (κ1) is 16.1. The fourth-order valence-corrected chi connectivity index (χ4v) is 2.37. The maximum Gasteiger partial charge on any atom is 0.200 e. The van der Waals surface area contributed by atoms with Crippen LogP contribution in [0.25, 0.3) is 0 Å². The Morgan fingerprint density at radius 3 is 0.667 bits per heavy atom. The van der Waals surface area contributed by atoms with Crippen LogP contribution in [-0.4, -0.2) is 11.6 Å². The second kappa shape index (κ2) is 4.86. The number of hydrogen-bond donors (Lipinski definition) is 0.